The third-order valence-corrected chi connectivity index (χ3v) is 1.90. The monoisotopic (exact) mass is 223 g/mol. The molecule has 1 aromatic rings. The maximum absolute atomic E-state index is 13.2. The second kappa shape index (κ2) is 4.61. The minimum absolute atomic E-state index is 0.262. The van der Waals surface area contributed by atoms with Crippen molar-refractivity contribution in [2.75, 3.05) is 0 Å². The van der Waals surface area contributed by atoms with Gasteiger partial charge in [0, 0.05) is 5.56 Å². The van der Waals surface area contributed by atoms with E-state index in [4.69, 9.17) is 5.84 Å². The molecule has 0 heterocycles. The predicted molar refractivity (Wildman–Crippen MR) is 64.8 cm³/mol. The van der Waals surface area contributed by atoms with Crippen molar-refractivity contribution in [3.63, 3.8) is 0 Å². The number of nitrogens with one attached hydrogen (secondary N) is 1. The van der Waals surface area contributed by atoms with E-state index in [9.17, 15) is 4.39 Å². The van der Waals surface area contributed by atoms with Crippen LogP contribution in [0.15, 0.2) is 23.2 Å². The zero-order valence-electron chi connectivity index (χ0n) is 10.1. The first kappa shape index (κ1) is 12.6. The first-order chi connectivity index (χ1) is 7.31. The fraction of sp³-hybridized carbons (Fsp3) is 0.417. The summed E-state index contributed by atoms with van der Waals surface area (Å²) in [5.74, 6) is 5.62. The lowest BCUT2D eigenvalue weighted by Gasteiger charge is -2.16. The zero-order valence-corrected chi connectivity index (χ0v) is 10.1. The largest absolute Gasteiger partial charge is 0.308 e. The number of hydrogen-bond acceptors (Lipinski definition) is 2. The molecule has 1 rings (SSSR count). The van der Waals surface area contributed by atoms with Gasteiger partial charge in [-0.05, 0) is 51.5 Å². The summed E-state index contributed by atoms with van der Waals surface area (Å²) in [4.78, 5) is 4.39. The van der Waals surface area contributed by atoms with Crippen LogP contribution in [0.2, 0.25) is 0 Å². The number of hydrazine groups is 1. The molecular weight excluding hydrogens is 205 g/mol. The molecule has 0 aliphatic carbocycles. The normalized spacial score (nSPS) is 12.8. The molecular formula is C12H18FN3. The number of aliphatic imine (C=N–C) groups is 1. The Kier molecular flexibility index (Phi) is 3.65. The van der Waals surface area contributed by atoms with Gasteiger partial charge in [0.05, 0.1) is 5.54 Å². The number of nitrogens with two attached hydrogens (primary N) is 1. The third kappa shape index (κ3) is 3.62. The number of benzene rings is 1. The van der Waals surface area contributed by atoms with E-state index in [0.717, 1.165) is 5.56 Å². The van der Waals surface area contributed by atoms with E-state index in [1.807, 2.05) is 33.8 Å². The first-order valence-corrected chi connectivity index (χ1v) is 5.16. The van der Waals surface area contributed by atoms with Crippen molar-refractivity contribution >= 4 is 5.84 Å². The molecule has 0 aliphatic heterocycles. The Bertz CT molecular complexity index is 385. The highest BCUT2D eigenvalue weighted by Crippen LogP contribution is 2.12. The van der Waals surface area contributed by atoms with E-state index in [0.29, 0.717) is 11.4 Å². The number of amidine groups is 1. The summed E-state index contributed by atoms with van der Waals surface area (Å²) in [6.45, 7) is 7.70. The predicted octanol–water partition coefficient (Wildman–Crippen LogP) is 2.14. The van der Waals surface area contributed by atoms with Gasteiger partial charge in [0.2, 0.25) is 0 Å². The quantitative estimate of drug-likeness (QED) is 0.332. The Morgan fingerprint density at radius 1 is 1.31 bits per heavy atom. The van der Waals surface area contributed by atoms with Gasteiger partial charge in [-0.15, -0.1) is 0 Å². The highest BCUT2D eigenvalue weighted by molar-refractivity contribution is 5.98. The van der Waals surface area contributed by atoms with Gasteiger partial charge in [0.25, 0.3) is 0 Å². The lowest BCUT2D eigenvalue weighted by atomic mass is 10.1. The van der Waals surface area contributed by atoms with Crippen LogP contribution in [0.5, 0.6) is 0 Å². The highest BCUT2D eigenvalue weighted by atomic mass is 19.1. The fourth-order valence-electron chi connectivity index (χ4n) is 1.39. The summed E-state index contributed by atoms with van der Waals surface area (Å²) < 4.78 is 13.2. The topological polar surface area (TPSA) is 50.4 Å². The fourth-order valence-corrected chi connectivity index (χ4v) is 1.39. The molecule has 88 valence electrons. The average molecular weight is 223 g/mol. The summed E-state index contributed by atoms with van der Waals surface area (Å²) in [6, 6.07) is 4.72. The summed E-state index contributed by atoms with van der Waals surface area (Å²) in [5.41, 5.74) is 3.75. The van der Waals surface area contributed by atoms with Crippen LogP contribution in [0.4, 0.5) is 4.39 Å². The molecule has 16 heavy (non-hydrogen) atoms. The van der Waals surface area contributed by atoms with Crippen molar-refractivity contribution in [3.05, 3.63) is 35.1 Å². The van der Waals surface area contributed by atoms with Crippen molar-refractivity contribution in [2.24, 2.45) is 10.8 Å². The molecule has 0 atom stereocenters. The van der Waals surface area contributed by atoms with E-state index in [-0.39, 0.29) is 11.4 Å². The summed E-state index contributed by atoms with van der Waals surface area (Å²) in [5, 5.41) is 0. The second-order valence-corrected chi connectivity index (χ2v) is 4.79. The average Bonchev–Trinajstić information content (AvgIpc) is 2.11. The smallest absolute Gasteiger partial charge is 0.143 e. The van der Waals surface area contributed by atoms with Gasteiger partial charge in [-0.2, -0.15) is 0 Å². The van der Waals surface area contributed by atoms with Crippen LogP contribution in [0.3, 0.4) is 0 Å². The standard InChI is InChI=1S/C12H18FN3/c1-8-5-9(7-10(13)6-8)11(16-14)15-12(2,3)4/h5-7H,14H2,1-4H3,(H,15,16). The van der Waals surface area contributed by atoms with E-state index in [2.05, 4.69) is 10.4 Å². The Hall–Kier alpha value is -1.42. The first-order valence-electron chi connectivity index (χ1n) is 5.16. The molecule has 0 aromatic heterocycles. The molecule has 0 unspecified atom stereocenters. The van der Waals surface area contributed by atoms with E-state index in [1.54, 1.807) is 0 Å². The molecule has 0 aliphatic rings. The summed E-state index contributed by atoms with van der Waals surface area (Å²) >= 11 is 0. The molecule has 0 saturated heterocycles. The molecule has 3 N–H and O–H groups in total. The molecule has 1 aromatic carbocycles. The van der Waals surface area contributed by atoms with Crippen LogP contribution in [-0.2, 0) is 0 Å². The Balaban J connectivity index is 3.19. The number of hydrogen-bond donors (Lipinski definition) is 2. The Labute approximate surface area is 95.5 Å². The van der Waals surface area contributed by atoms with Gasteiger partial charge in [-0.25, -0.2) is 10.2 Å². The Morgan fingerprint density at radius 3 is 2.38 bits per heavy atom. The number of nitrogens with zero attached hydrogens (tertiary/aromatic N) is 1. The van der Waals surface area contributed by atoms with Gasteiger partial charge in [-0.1, -0.05) is 0 Å². The van der Waals surface area contributed by atoms with Gasteiger partial charge in [-0.3, -0.25) is 4.99 Å². The summed E-state index contributed by atoms with van der Waals surface area (Å²) in [6.07, 6.45) is 0. The van der Waals surface area contributed by atoms with Gasteiger partial charge in [0.1, 0.15) is 11.7 Å². The van der Waals surface area contributed by atoms with E-state index < -0.39 is 0 Å². The van der Waals surface area contributed by atoms with Crippen LogP contribution < -0.4 is 11.3 Å². The van der Waals surface area contributed by atoms with Gasteiger partial charge in [0.15, 0.2) is 0 Å². The highest BCUT2D eigenvalue weighted by Gasteiger charge is 2.11. The number of aryl methyl sites for hydroxylation is 1. The molecule has 0 fully saturated rings. The van der Waals surface area contributed by atoms with Crippen LogP contribution >= 0.6 is 0 Å². The van der Waals surface area contributed by atoms with Crippen molar-refractivity contribution < 1.29 is 4.39 Å². The van der Waals surface area contributed by atoms with Crippen molar-refractivity contribution in [2.45, 2.75) is 33.2 Å². The molecule has 0 bridgehead atoms. The maximum Gasteiger partial charge on any atom is 0.143 e. The van der Waals surface area contributed by atoms with Crippen molar-refractivity contribution in [1.82, 2.24) is 5.43 Å². The lowest BCUT2D eigenvalue weighted by molar-refractivity contribution is 0.579. The number of rotatable bonds is 1. The molecule has 3 nitrogen and oxygen atoms in total. The van der Waals surface area contributed by atoms with Crippen LogP contribution in [0, 0.1) is 12.7 Å². The minimum atomic E-state index is -0.285. The molecule has 4 heteroatoms. The van der Waals surface area contributed by atoms with Crippen molar-refractivity contribution in [3.8, 4) is 0 Å². The lowest BCUT2D eigenvalue weighted by Crippen LogP contribution is -2.33. The van der Waals surface area contributed by atoms with E-state index in [1.165, 1.54) is 12.1 Å². The Morgan fingerprint density at radius 2 is 1.94 bits per heavy atom. The maximum atomic E-state index is 13.2. The van der Waals surface area contributed by atoms with Gasteiger partial charge < -0.3 is 5.43 Å². The van der Waals surface area contributed by atoms with Crippen LogP contribution in [0.1, 0.15) is 31.9 Å². The van der Waals surface area contributed by atoms with Crippen LogP contribution in [-0.4, -0.2) is 11.4 Å². The van der Waals surface area contributed by atoms with E-state index >= 15 is 0 Å². The molecule has 0 spiro atoms. The van der Waals surface area contributed by atoms with Crippen LogP contribution in [0.25, 0.3) is 0 Å². The molecule has 0 saturated carbocycles. The third-order valence-electron chi connectivity index (χ3n) is 1.90. The molecule has 0 amide bonds. The zero-order chi connectivity index (χ0) is 12.3. The summed E-state index contributed by atoms with van der Waals surface area (Å²) in [7, 11) is 0. The number of halogens is 1. The molecule has 0 radical (unpaired) electrons. The second-order valence-electron chi connectivity index (χ2n) is 4.79. The SMILES string of the molecule is Cc1cc(F)cc(C(=NC(C)(C)C)NN)c1. The van der Waals surface area contributed by atoms with Crippen molar-refractivity contribution in [1.29, 1.82) is 0 Å². The van der Waals surface area contributed by atoms with Gasteiger partial charge >= 0.3 is 0 Å². The minimum Gasteiger partial charge on any atom is -0.308 e.